The molecule has 0 aromatic carbocycles. The van der Waals surface area contributed by atoms with Crippen LogP contribution in [0.2, 0.25) is 0 Å². The molecule has 1 unspecified atom stereocenters. The van der Waals surface area contributed by atoms with E-state index in [-0.39, 0.29) is 40.5 Å². The second-order valence-corrected chi connectivity index (χ2v) is 8.59. The lowest BCUT2D eigenvalue weighted by Crippen LogP contribution is -2.41. The minimum atomic E-state index is -4.57. The summed E-state index contributed by atoms with van der Waals surface area (Å²) in [6.45, 7) is 9.82. The molecular formula is C17H24F3N3O2S. The first-order valence-electron chi connectivity index (χ1n) is 8.46. The quantitative estimate of drug-likeness (QED) is 0.741. The number of amides is 1. The van der Waals surface area contributed by atoms with Gasteiger partial charge in [0.05, 0.1) is 0 Å². The van der Waals surface area contributed by atoms with Crippen LogP contribution in [0.5, 0.6) is 5.19 Å². The molecule has 1 heterocycles. The van der Waals surface area contributed by atoms with Crippen molar-refractivity contribution in [2.75, 3.05) is 6.61 Å². The Kier molecular flexibility index (Phi) is 5.99. The van der Waals surface area contributed by atoms with Crippen molar-refractivity contribution < 1.29 is 22.7 Å². The summed E-state index contributed by atoms with van der Waals surface area (Å²) in [5.74, 6) is 0.136. The van der Waals surface area contributed by atoms with E-state index >= 15 is 0 Å². The molecule has 0 aliphatic heterocycles. The van der Waals surface area contributed by atoms with E-state index in [1.807, 2.05) is 13.8 Å². The fourth-order valence-corrected chi connectivity index (χ4v) is 3.98. The van der Waals surface area contributed by atoms with Crippen molar-refractivity contribution >= 4 is 17.2 Å². The van der Waals surface area contributed by atoms with Crippen LogP contribution in [0.4, 0.5) is 13.2 Å². The van der Waals surface area contributed by atoms with Crippen molar-refractivity contribution in [3.05, 3.63) is 16.8 Å². The summed E-state index contributed by atoms with van der Waals surface area (Å²) in [5.41, 5.74) is 0.924. The molecule has 1 aliphatic rings. The van der Waals surface area contributed by atoms with Gasteiger partial charge in [-0.15, -0.1) is 5.10 Å². The summed E-state index contributed by atoms with van der Waals surface area (Å²) in [6.07, 6.45) is -0.637. The highest BCUT2D eigenvalue weighted by Gasteiger charge is 2.36. The first kappa shape index (κ1) is 20.7. The zero-order valence-electron chi connectivity index (χ0n) is 15.6. The van der Waals surface area contributed by atoms with Gasteiger partial charge in [0.15, 0.2) is 6.61 Å². The van der Waals surface area contributed by atoms with E-state index in [1.54, 1.807) is 4.90 Å². The molecular weight excluding hydrogens is 367 g/mol. The lowest BCUT2D eigenvalue weighted by molar-refractivity contribution is -0.138. The molecule has 0 bridgehead atoms. The van der Waals surface area contributed by atoms with Crippen LogP contribution < -0.4 is 4.74 Å². The number of hydrogen-bond acceptors (Lipinski definition) is 5. The van der Waals surface area contributed by atoms with E-state index in [0.29, 0.717) is 5.92 Å². The second-order valence-electron chi connectivity index (χ2n) is 7.65. The number of allylic oxidation sites excluding steroid dienone is 2. The Morgan fingerprint density at radius 2 is 2.08 bits per heavy atom. The van der Waals surface area contributed by atoms with E-state index in [1.165, 1.54) is 0 Å². The predicted molar refractivity (Wildman–Crippen MR) is 92.7 cm³/mol. The standard InChI is InChI=1S/C17H24F3N3O2S/c1-10(2)23(12-6-11(3)7-16(4,5)8-12)13(24)9-25-15-22-21-14(26-15)17(18,19)20/h8,10-11H,6-7,9H2,1-5H3. The smallest absolute Gasteiger partial charge is 0.445 e. The monoisotopic (exact) mass is 391 g/mol. The maximum atomic E-state index is 12.7. The Bertz CT molecular complexity index is 683. The Labute approximate surface area is 155 Å². The lowest BCUT2D eigenvalue weighted by atomic mass is 9.76. The van der Waals surface area contributed by atoms with Gasteiger partial charge in [-0.1, -0.05) is 43.3 Å². The summed E-state index contributed by atoms with van der Waals surface area (Å²) in [6, 6.07) is -0.0846. The van der Waals surface area contributed by atoms with Crippen LogP contribution in [0.1, 0.15) is 52.5 Å². The summed E-state index contributed by atoms with van der Waals surface area (Å²) < 4.78 is 42.8. The molecule has 0 fully saturated rings. The number of carbonyl (C=O) groups is 1. The molecule has 1 aromatic heterocycles. The van der Waals surface area contributed by atoms with Crippen LogP contribution in [-0.2, 0) is 11.0 Å². The highest BCUT2D eigenvalue weighted by atomic mass is 32.1. The average molecular weight is 391 g/mol. The van der Waals surface area contributed by atoms with Crippen LogP contribution in [0.25, 0.3) is 0 Å². The van der Waals surface area contributed by atoms with Crippen molar-refractivity contribution in [3.63, 3.8) is 0 Å². The maximum Gasteiger partial charge on any atom is 0.445 e. The van der Waals surface area contributed by atoms with Gasteiger partial charge in [-0.25, -0.2) is 0 Å². The van der Waals surface area contributed by atoms with E-state index in [9.17, 15) is 18.0 Å². The average Bonchev–Trinajstić information content (AvgIpc) is 2.91. The van der Waals surface area contributed by atoms with Crippen LogP contribution >= 0.6 is 11.3 Å². The number of alkyl halides is 3. The fourth-order valence-electron chi connectivity index (χ4n) is 3.42. The van der Waals surface area contributed by atoms with Gasteiger partial charge in [0.25, 0.3) is 11.1 Å². The molecule has 9 heteroatoms. The van der Waals surface area contributed by atoms with Gasteiger partial charge in [-0.05, 0) is 38.0 Å². The van der Waals surface area contributed by atoms with Crippen molar-refractivity contribution in [1.82, 2.24) is 15.1 Å². The number of rotatable bonds is 5. The predicted octanol–water partition coefficient (Wildman–Crippen LogP) is 4.51. The van der Waals surface area contributed by atoms with E-state index < -0.39 is 11.2 Å². The zero-order valence-corrected chi connectivity index (χ0v) is 16.4. The van der Waals surface area contributed by atoms with Crippen LogP contribution in [0, 0.1) is 11.3 Å². The van der Waals surface area contributed by atoms with Gasteiger partial charge < -0.3 is 9.64 Å². The fraction of sp³-hybridized carbons (Fsp3) is 0.706. The highest BCUT2D eigenvalue weighted by molar-refractivity contribution is 7.13. The molecule has 0 saturated heterocycles. The first-order valence-corrected chi connectivity index (χ1v) is 9.28. The van der Waals surface area contributed by atoms with Crippen LogP contribution in [0.15, 0.2) is 11.8 Å². The molecule has 0 N–H and O–H groups in total. The molecule has 1 amide bonds. The molecule has 0 radical (unpaired) electrons. The molecule has 146 valence electrons. The number of halogens is 3. The summed E-state index contributed by atoms with van der Waals surface area (Å²) >= 11 is 0.283. The summed E-state index contributed by atoms with van der Waals surface area (Å²) in [5, 5.41) is 5.04. The van der Waals surface area contributed by atoms with Gasteiger partial charge >= 0.3 is 6.18 Å². The number of carbonyl (C=O) groups excluding carboxylic acids is 1. The number of ether oxygens (including phenoxy) is 1. The Morgan fingerprint density at radius 3 is 2.58 bits per heavy atom. The SMILES string of the molecule is CC1CC(N(C(=O)COc2nnc(C(F)(F)F)s2)C(C)C)=CC(C)(C)C1. The Balaban J connectivity index is 2.10. The maximum absolute atomic E-state index is 12.7. The molecule has 0 saturated carbocycles. The molecule has 0 spiro atoms. The summed E-state index contributed by atoms with van der Waals surface area (Å²) in [7, 11) is 0. The largest absolute Gasteiger partial charge is 0.459 e. The summed E-state index contributed by atoms with van der Waals surface area (Å²) in [4.78, 5) is 14.3. The highest BCUT2D eigenvalue weighted by Crippen LogP contribution is 2.38. The third-order valence-electron chi connectivity index (χ3n) is 4.05. The van der Waals surface area contributed by atoms with Crippen molar-refractivity contribution in [1.29, 1.82) is 0 Å². The van der Waals surface area contributed by atoms with Crippen LogP contribution in [0.3, 0.4) is 0 Å². The van der Waals surface area contributed by atoms with E-state index in [4.69, 9.17) is 4.74 Å². The van der Waals surface area contributed by atoms with Crippen molar-refractivity contribution in [3.8, 4) is 5.19 Å². The van der Waals surface area contributed by atoms with E-state index in [0.717, 1.165) is 18.5 Å². The molecule has 1 atom stereocenters. The molecule has 5 nitrogen and oxygen atoms in total. The van der Waals surface area contributed by atoms with Gasteiger partial charge in [-0.3, -0.25) is 4.79 Å². The minimum Gasteiger partial charge on any atom is -0.459 e. The Hall–Kier alpha value is -1.64. The second kappa shape index (κ2) is 7.54. The van der Waals surface area contributed by atoms with Gasteiger partial charge in [0, 0.05) is 11.7 Å². The third-order valence-corrected chi connectivity index (χ3v) is 4.93. The molecule has 2 rings (SSSR count). The molecule has 1 aromatic rings. The molecule has 1 aliphatic carbocycles. The number of hydrogen-bond donors (Lipinski definition) is 0. The van der Waals surface area contributed by atoms with Gasteiger partial charge in [-0.2, -0.15) is 13.2 Å². The Morgan fingerprint density at radius 1 is 1.42 bits per heavy atom. The van der Waals surface area contributed by atoms with Crippen LogP contribution in [-0.4, -0.2) is 33.7 Å². The first-order chi connectivity index (χ1) is 11.9. The van der Waals surface area contributed by atoms with E-state index in [2.05, 4.69) is 37.0 Å². The van der Waals surface area contributed by atoms with Gasteiger partial charge in [0.2, 0.25) is 5.01 Å². The zero-order chi connectivity index (χ0) is 19.7. The number of aromatic nitrogens is 2. The topological polar surface area (TPSA) is 55.3 Å². The lowest BCUT2D eigenvalue weighted by Gasteiger charge is -2.38. The third kappa shape index (κ3) is 5.18. The van der Waals surface area contributed by atoms with Gasteiger partial charge in [0.1, 0.15) is 0 Å². The minimum absolute atomic E-state index is 0.0118. The normalized spacial score (nSPS) is 20.0. The molecule has 26 heavy (non-hydrogen) atoms. The number of nitrogens with zero attached hydrogens (tertiary/aromatic N) is 3. The van der Waals surface area contributed by atoms with Crippen molar-refractivity contribution in [2.24, 2.45) is 11.3 Å². The van der Waals surface area contributed by atoms with Crippen molar-refractivity contribution in [2.45, 2.75) is 59.7 Å².